The molecule has 20 nitrogen and oxygen atoms in total. The van der Waals surface area contributed by atoms with Crippen LogP contribution < -0.4 is 20.9 Å². The summed E-state index contributed by atoms with van der Waals surface area (Å²) in [6, 6.07) is 23.0. The van der Waals surface area contributed by atoms with E-state index in [2.05, 4.69) is 82.9 Å². The molecule has 5 aromatic rings. The molecule has 2 saturated heterocycles. The van der Waals surface area contributed by atoms with Crippen molar-refractivity contribution in [2.24, 2.45) is 0 Å². The van der Waals surface area contributed by atoms with Gasteiger partial charge in [-0.15, -0.1) is 0 Å². The van der Waals surface area contributed by atoms with Crippen molar-refractivity contribution in [2.45, 2.75) is 81.4 Å². The Morgan fingerprint density at radius 2 is 1.19 bits per heavy atom. The number of nitrogens with one attached hydrogen (secondary N) is 3. The fraction of sp³-hybridized carbons (Fsp3) is 0.382. The van der Waals surface area contributed by atoms with Gasteiger partial charge in [0.2, 0.25) is 0 Å². The first-order valence-corrected chi connectivity index (χ1v) is 25.7. The first-order valence-electron chi connectivity index (χ1n) is 25.7. The SMILES string of the molecule is CNc1cc(-c2cnc3n([C@H]4CCOC4)cccc2-3)nc2c(C(=O)NC3CC[C@@H]3OC)cnn12.CO[C@H]1CCC1NC(=O)c1cnn2c(N(C)Cc3ccccc3)cc(-c3cnc4n([C@H]5CCOC5)cccc3-4)nc12. The summed E-state index contributed by atoms with van der Waals surface area (Å²) in [6.45, 7) is 3.57. The van der Waals surface area contributed by atoms with Crippen LogP contribution in [0.4, 0.5) is 11.6 Å². The maximum Gasteiger partial charge on any atom is 0.257 e. The van der Waals surface area contributed by atoms with E-state index in [0.29, 0.717) is 42.2 Å². The van der Waals surface area contributed by atoms with Crippen molar-refractivity contribution in [2.75, 3.05) is 65.0 Å². The number of carbonyl (C=O) groups excluding carboxylic acids is 2. The van der Waals surface area contributed by atoms with Gasteiger partial charge in [-0.3, -0.25) is 9.59 Å². The van der Waals surface area contributed by atoms with Gasteiger partial charge >= 0.3 is 0 Å². The second-order valence-electron chi connectivity index (χ2n) is 19.8. The first kappa shape index (κ1) is 48.2. The standard InChI is InChI=1S/C31H33N7O3.C24H27N7O3/c1-36(18-20-7-4-3-5-8-20)28-15-26(23-16-32-29-22(23)9-6-13-37(29)21-12-14-41-19-21)34-30-24(17-33-38(28)30)31(39)35-25-10-11-27(25)40-2;1-25-21-10-19(16-11-26-22-15(16)4-3-8-30(22)14-7-9-34-13-14)28-23-17(12-27-31(21)23)24(32)29-18-5-6-20(18)33-2/h3-9,13,15-17,21,25,27H,10-12,14,18-19H2,1-2H3,(H,35,39);3-4,8,10-12,14,18,20,25H,5-7,9,13H2,1-2H3,(H,29,32)/t21-,25?,27-;14-,18?,20-/m00/s1. The highest BCUT2D eigenvalue weighted by Gasteiger charge is 2.35. The van der Waals surface area contributed by atoms with Crippen LogP contribution in [-0.2, 0) is 25.5 Å². The zero-order valence-corrected chi connectivity index (χ0v) is 42.4. The Morgan fingerprint density at radius 1 is 0.653 bits per heavy atom. The summed E-state index contributed by atoms with van der Waals surface area (Å²) in [4.78, 5) is 48.1. The van der Waals surface area contributed by atoms with E-state index < -0.39 is 0 Å². The van der Waals surface area contributed by atoms with Crippen molar-refractivity contribution in [3.8, 4) is 45.3 Å². The van der Waals surface area contributed by atoms with Crippen LogP contribution in [0.1, 0.15) is 76.9 Å². The molecule has 2 amide bonds. The number of nitrogens with zero attached hydrogens (tertiary/aromatic N) is 11. The molecular weight excluding hydrogens is 953 g/mol. The quantitative estimate of drug-likeness (QED) is 0.102. The molecule has 6 atom stereocenters. The third-order valence-electron chi connectivity index (χ3n) is 15.3. The molecule has 0 spiro atoms. The second kappa shape index (κ2) is 20.5. The van der Waals surface area contributed by atoms with Gasteiger partial charge in [-0.05, 0) is 68.4 Å². The van der Waals surface area contributed by atoms with Crippen LogP contribution in [0.3, 0.4) is 0 Å². The highest BCUT2D eigenvalue weighted by Crippen LogP contribution is 2.39. The molecule has 4 aromatic heterocycles. The highest BCUT2D eigenvalue weighted by molar-refractivity contribution is 6.01. The summed E-state index contributed by atoms with van der Waals surface area (Å²) in [5.41, 5.74) is 8.35. The maximum atomic E-state index is 13.5. The molecule has 0 radical (unpaired) electrons. The van der Waals surface area contributed by atoms with E-state index in [1.165, 1.54) is 5.56 Å². The molecule has 2 saturated carbocycles. The van der Waals surface area contributed by atoms with E-state index in [9.17, 15) is 9.59 Å². The maximum absolute atomic E-state index is 13.5. The molecule has 6 aliphatic heterocycles. The number of hydrogen-bond donors (Lipinski definition) is 3. The molecular formula is C55H60N14O6. The summed E-state index contributed by atoms with van der Waals surface area (Å²) in [5, 5.41) is 18.4. The molecule has 1 aromatic carbocycles. The van der Waals surface area contributed by atoms with Crippen LogP contribution in [0.15, 0.2) is 104 Å². The molecule has 4 fully saturated rings. The Bertz CT molecular complexity index is 3420. The van der Waals surface area contributed by atoms with Gasteiger partial charge in [0, 0.05) is 107 Å². The molecule has 13 rings (SSSR count). The van der Waals surface area contributed by atoms with Crippen molar-refractivity contribution in [3.05, 3.63) is 121 Å². The second-order valence-corrected chi connectivity index (χ2v) is 19.8. The van der Waals surface area contributed by atoms with E-state index in [4.69, 9.17) is 38.9 Å². The Balaban J connectivity index is 0.000000154. The van der Waals surface area contributed by atoms with Crippen molar-refractivity contribution < 1.29 is 28.5 Å². The summed E-state index contributed by atoms with van der Waals surface area (Å²) >= 11 is 0. The lowest BCUT2D eigenvalue weighted by Gasteiger charge is -2.35. The number of methoxy groups -OCH3 is 2. The summed E-state index contributed by atoms with van der Waals surface area (Å²) in [7, 11) is 7.21. The van der Waals surface area contributed by atoms with Crippen LogP contribution in [-0.4, -0.2) is 139 Å². The average molecular weight is 1010 g/mol. The Morgan fingerprint density at radius 3 is 1.68 bits per heavy atom. The number of aromatic nitrogens is 10. The highest BCUT2D eigenvalue weighted by atomic mass is 16.5. The number of pyridine rings is 2. The normalized spacial score (nSPS) is 21.2. The zero-order valence-electron chi connectivity index (χ0n) is 42.4. The molecule has 2 unspecified atom stereocenters. The molecule has 386 valence electrons. The van der Waals surface area contributed by atoms with Crippen LogP contribution >= 0.6 is 0 Å². The molecule has 8 aliphatic rings. The largest absolute Gasteiger partial charge is 0.379 e. The van der Waals surface area contributed by atoms with Gasteiger partial charge in [0.25, 0.3) is 11.8 Å². The van der Waals surface area contributed by atoms with Gasteiger partial charge < -0.3 is 48.9 Å². The topological polar surface area (TPSA) is 206 Å². The molecule has 75 heavy (non-hydrogen) atoms. The Hall–Kier alpha value is -7.78. The van der Waals surface area contributed by atoms with Gasteiger partial charge in [-0.2, -0.15) is 19.2 Å². The van der Waals surface area contributed by atoms with Gasteiger partial charge in [0.05, 0.1) is 73.4 Å². The number of fused-ring (bicyclic) bond motifs is 4. The van der Waals surface area contributed by atoms with E-state index in [-0.39, 0.29) is 48.2 Å². The number of carbonyl (C=O) groups is 2. The van der Waals surface area contributed by atoms with Crippen molar-refractivity contribution in [1.82, 2.24) is 58.9 Å². The number of hydrogen-bond acceptors (Lipinski definition) is 14. The Kier molecular flexibility index (Phi) is 13.2. The fourth-order valence-corrected chi connectivity index (χ4v) is 10.8. The summed E-state index contributed by atoms with van der Waals surface area (Å²) in [5.74, 6) is 2.98. The summed E-state index contributed by atoms with van der Waals surface area (Å²) < 4.78 is 29.9. The van der Waals surface area contributed by atoms with E-state index in [1.807, 2.05) is 62.9 Å². The number of rotatable bonds is 14. The van der Waals surface area contributed by atoms with Crippen LogP contribution in [0.2, 0.25) is 0 Å². The van der Waals surface area contributed by atoms with Crippen molar-refractivity contribution >= 4 is 34.7 Å². The van der Waals surface area contributed by atoms with Gasteiger partial charge in [0.15, 0.2) is 11.3 Å². The molecule has 2 aliphatic carbocycles. The predicted octanol–water partition coefficient (Wildman–Crippen LogP) is 6.81. The lowest BCUT2D eigenvalue weighted by atomic mass is 9.89. The van der Waals surface area contributed by atoms with E-state index >= 15 is 0 Å². The van der Waals surface area contributed by atoms with Crippen molar-refractivity contribution in [3.63, 3.8) is 0 Å². The van der Waals surface area contributed by atoms with Gasteiger partial charge in [-0.25, -0.2) is 19.9 Å². The number of amides is 2. The minimum Gasteiger partial charge on any atom is -0.379 e. The number of benzene rings is 1. The molecule has 20 heteroatoms. The zero-order chi connectivity index (χ0) is 51.2. The third-order valence-corrected chi connectivity index (χ3v) is 15.3. The summed E-state index contributed by atoms with van der Waals surface area (Å²) in [6.07, 6.45) is 16.8. The van der Waals surface area contributed by atoms with Crippen LogP contribution in [0, 0.1) is 0 Å². The van der Waals surface area contributed by atoms with Gasteiger partial charge in [0.1, 0.15) is 34.4 Å². The lowest BCUT2D eigenvalue weighted by molar-refractivity contribution is 0.00731. The van der Waals surface area contributed by atoms with Gasteiger partial charge in [-0.1, -0.05) is 30.3 Å². The average Bonchev–Trinajstić information content (AvgIpc) is 4.31. The molecule has 0 bridgehead atoms. The number of anilines is 2. The number of ether oxygens (including phenoxy) is 4. The molecule has 10 heterocycles. The third kappa shape index (κ3) is 9.00. The monoisotopic (exact) mass is 1010 g/mol. The van der Waals surface area contributed by atoms with Crippen molar-refractivity contribution in [1.29, 1.82) is 0 Å². The minimum absolute atomic E-state index is 0.0101. The minimum atomic E-state index is -0.197. The first-order chi connectivity index (χ1) is 36.8. The van der Waals surface area contributed by atoms with Crippen LogP contribution in [0.5, 0.6) is 0 Å². The Labute approximate surface area is 433 Å². The smallest absolute Gasteiger partial charge is 0.257 e. The van der Waals surface area contributed by atoms with Crippen LogP contribution in [0.25, 0.3) is 56.6 Å². The van der Waals surface area contributed by atoms with E-state index in [0.717, 1.165) is 109 Å². The fourth-order valence-electron chi connectivity index (χ4n) is 10.8. The molecule has 3 N–H and O–H groups in total. The lowest BCUT2D eigenvalue weighted by Crippen LogP contribution is -2.51. The predicted molar refractivity (Wildman–Crippen MR) is 281 cm³/mol. The van der Waals surface area contributed by atoms with E-state index in [1.54, 1.807) is 35.6 Å².